The Bertz CT molecular complexity index is 1490. The van der Waals surface area contributed by atoms with Crippen LogP contribution in [0.25, 0.3) is 6.08 Å². The Hall–Kier alpha value is -1.23. The molecule has 3 heterocycles. The molecule has 2 fully saturated rings. The van der Waals surface area contributed by atoms with E-state index in [2.05, 4.69) is 65.7 Å². The fourth-order valence-electron chi connectivity index (χ4n) is 8.25. The molecule has 0 amide bonds. The minimum Gasteiger partial charge on any atom is -0.458 e. The Balaban J connectivity index is 2.09. The van der Waals surface area contributed by atoms with Gasteiger partial charge >= 0.3 is 5.97 Å². The number of nitrogens with zero attached hydrogens (tertiary/aromatic N) is 1. The van der Waals surface area contributed by atoms with Gasteiger partial charge in [-0.3, -0.25) is 9.59 Å². The third-order valence-corrected chi connectivity index (χ3v) is 24.7. The third kappa shape index (κ3) is 10.7. The van der Waals surface area contributed by atoms with E-state index in [1.165, 1.54) is 0 Å². The number of fused-ring (bicyclic) bond motifs is 1. The van der Waals surface area contributed by atoms with E-state index in [0.29, 0.717) is 12.1 Å². The molecule has 1 aromatic rings. The molecule has 1 N–H and O–H groups in total. The number of Topliss-reactive ketones (excluding diaryl/α,β-unsaturated/α-hetero) is 1. The van der Waals surface area contributed by atoms with Gasteiger partial charge in [0.1, 0.15) is 11.9 Å². The first-order valence-electron chi connectivity index (χ1n) is 19.9. The summed E-state index contributed by atoms with van der Waals surface area (Å²) in [7, 11) is -7.74. The van der Waals surface area contributed by atoms with Crippen molar-refractivity contribution in [3.05, 3.63) is 16.6 Å². The molecule has 52 heavy (non-hydrogen) atoms. The molecule has 0 spiro atoms. The maximum Gasteiger partial charge on any atom is 0.309 e. The largest absolute Gasteiger partial charge is 0.458 e. The monoisotopic (exact) mass is 798 g/mol. The molecule has 7 atom stereocenters. The molecule has 2 aliphatic rings. The van der Waals surface area contributed by atoms with Crippen molar-refractivity contribution in [3.8, 4) is 0 Å². The lowest BCUT2D eigenvalue weighted by atomic mass is 9.73. The maximum atomic E-state index is 14.9. The number of hydrogen-bond donors (Lipinski definition) is 1. The van der Waals surface area contributed by atoms with Gasteiger partial charge in [0.25, 0.3) is 0 Å². The SMILES string of the molecule is CC[Si](CC)(CC)O[C@H]1[C@@H](C)CCC[C@@]2(C)N[C@H]2C[C@@H](/C(C)=C/c2csc(S(C)(=O)=O)n2)OC(=O)C[C@H](O[Si](CC)(CC)CC)C(C)(C)C(=O)[C@@H]1C. The van der Waals surface area contributed by atoms with Crippen molar-refractivity contribution in [1.82, 2.24) is 10.3 Å². The van der Waals surface area contributed by atoms with E-state index in [-0.39, 0.29) is 46.1 Å². The zero-order valence-electron chi connectivity index (χ0n) is 34.5. The number of thiazole rings is 1. The van der Waals surface area contributed by atoms with E-state index in [9.17, 15) is 18.0 Å². The van der Waals surface area contributed by atoms with Crippen molar-refractivity contribution in [2.24, 2.45) is 17.3 Å². The lowest BCUT2D eigenvalue weighted by Gasteiger charge is -2.44. The van der Waals surface area contributed by atoms with E-state index in [0.717, 1.165) is 78.7 Å². The van der Waals surface area contributed by atoms with Crippen LogP contribution in [0.3, 0.4) is 0 Å². The van der Waals surface area contributed by atoms with Crippen LogP contribution in [0.2, 0.25) is 36.3 Å². The second-order valence-corrected chi connectivity index (χ2v) is 29.1. The first-order chi connectivity index (χ1) is 24.2. The Morgan fingerprint density at radius 3 is 2.08 bits per heavy atom. The number of aromatic nitrogens is 1. The number of esters is 1. The number of carbonyl (C=O) groups excluding carboxylic acids is 2. The molecular weight excluding hydrogens is 729 g/mol. The highest BCUT2D eigenvalue weighted by atomic mass is 32.2. The molecule has 3 rings (SSSR count). The predicted octanol–water partition coefficient (Wildman–Crippen LogP) is 9.20. The summed E-state index contributed by atoms with van der Waals surface area (Å²) in [5.41, 5.74) is 0.251. The Morgan fingerprint density at radius 2 is 1.56 bits per heavy atom. The molecule has 0 aromatic carbocycles. The molecule has 0 saturated carbocycles. The van der Waals surface area contributed by atoms with Gasteiger partial charge in [-0.15, -0.1) is 11.3 Å². The van der Waals surface area contributed by atoms with Crippen LogP contribution in [0.15, 0.2) is 15.3 Å². The first kappa shape index (κ1) is 45.2. The number of nitrogens with one attached hydrogen (secondary N) is 1. The molecule has 2 saturated heterocycles. The maximum absolute atomic E-state index is 14.9. The van der Waals surface area contributed by atoms with Gasteiger partial charge in [-0.1, -0.05) is 75.7 Å². The summed E-state index contributed by atoms with van der Waals surface area (Å²) in [5.74, 6) is -0.497. The van der Waals surface area contributed by atoms with Crippen molar-refractivity contribution in [1.29, 1.82) is 0 Å². The van der Waals surface area contributed by atoms with E-state index in [1.54, 1.807) is 5.38 Å². The summed E-state index contributed by atoms with van der Waals surface area (Å²) in [5, 5.41) is 5.42. The second kappa shape index (κ2) is 18.1. The van der Waals surface area contributed by atoms with Crippen LogP contribution >= 0.6 is 11.3 Å². The molecular formula is C39H70N2O7S2Si2. The molecule has 1 aromatic heterocycles. The van der Waals surface area contributed by atoms with Crippen LogP contribution in [0.4, 0.5) is 0 Å². The minimum absolute atomic E-state index is 0.0348. The molecule has 0 bridgehead atoms. The smallest absolute Gasteiger partial charge is 0.309 e. The van der Waals surface area contributed by atoms with E-state index in [4.69, 9.17) is 13.6 Å². The van der Waals surface area contributed by atoms with Crippen LogP contribution < -0.4 is 5.32 Å². The summed E-state index contributed by atoms with van der Waals surface area (Å²) in [6.07, 6.45) is 5.00. The average Bonchev–Trinajstić information content (AvgIpc) is 3.47. The van der Waals surface area contributed by atoms with Crippen molar-refractivity contribution in [2.75, 3.05) is 6.26 Å². The van der Waals surface area contributed by atoms with Crippen molar-refractivity contribution < 1.29 is 31.6 Å². The number of cyclic esters (lactones) is 1. The molecule has 9 nitrogen and oxygen atoms in total. The second-order valence-electron chi connectivity index (χ2n) is 16.7. The van der Waals surface area contributed by atoms with Gasteiger partial charge in [-0.05, 0) is 80.5 Å². The third-order valence-electron chi connectivity index (χ3n) is 12.9. The minimum atomic E-state index is -3.43. The fourth-order valence-corrected chi connectivity index (χ4v) is 15.9. The molecule has 13 heteroatoms. The van der Waals surface area contributed by atoms with Gasteiger partial charge in [0.15, 0.2) is 16.6 Å². The van der Waals surface area contributed by atoms with Gasteiger partial charge in [0, 0.05) is 41.0 Å². The highest BCUT2D eigenvalue weighted by molar-refractivity contribution is 7.92. The average molecular weight is 799 g/mol. The van der Waals surface area contributed by atoms with E-state index < -0.39 is 50.1 Å². The van der Waals surface area contributed by atoms with Gasteiger partial charge in [0.2, 0.25) is 14.2 Å². The van der Waals surface area contributed by atoms with Crippen LogP contribution in [0.5, 0.6) is 0 Å². The normalized spacial score (nSPS) is 30.1. The highest BCUT2D eigenvalue weighted by Crippen LogP contribution is 2.42. The first-order valence-corrected chi connectivity index (χ1v) is 27.7. The number of ketones is 1. The van der Waals surface area contributed by atoms with Crippen LogP contribution in [0, 0.1) is 17.3 Å². The van der Waals surface area contributed by atoms with Gasteiger partial charge in [-0.2, -0.15) is 0 Å². The lowest BCUT2D eigenvalue weighted by Crippen LogP contribution is -2.53. The summed E-state index contributed by atoms with van der Waals surface area (Å²) in [6, 6.07) is 5.88. The predicted molar refractivity (Wildman–Crippen MR) is 218 cm³/mol. The van der Waals surface area contributed by atoms with Crippen molar-refractivity contribution in [3.63, 3.8) is 0 Å². The Morgan fingerprint density at radius 1 is 1.00 bits per heavy atom. The number of sulfone groups is 1. The van der Waals surface area contributed by atoms with Crippen molar-refractivity contribution in [2.45, 2.75) is 186 Å². The lowest BCUT2D eigenvalue weighted by molar-refractivity contribution is -0.153. The van der Waals surface area contributed by atoms with E-state index >= 15 is 0 Å². The number of ether oxygens (including phenoxy) is 1. The molecule has 0 radical (unpaired) electrons. The quantitative estimate of drug-likeness (QED) is 0.118. The van der Waals surface area contributed by atoms with E-state index in [1.807, 2.05) is 33.8 Å². The summed E-state index contributed by atoms with van der Waals surface area (Å²) in [4.78, 5) is 33.4. The molecule has 298 valence electrons. The Kier molecular flexibility index (Phi) is 15.8. The zero-order valence-corrected chi connectivity index (χ0v) is 38.2. The topological polar surface area (TPSA) is 131 Å². The zero-order chi connectivity index (χ0) is 39.3. The fraction of sp³-hybridized carbons (Fsp3) is 0.821. The molecule has 0 unspecified atom stereocenters. The highest BCUT2D eigenvalue weighted by Gasteiger charge is 2.51. The summed E-state index contributed by atoms with van der Waals surface area (Å²) in [6.45, 7) is 25.6. The van der Waals surface area contributed by atoms with Crippen LogP contribution in [-0.4, -0.2) is 77.9 Å². The molecule has 0 aliphatic carbocycles. The number of hydrogen-bond acceptors (Lipinski definition) is 10. The summed E-state index contributed by atoms with van der Waals surface area (Å²) < 4.78 is 45.0. The Labute approximate surface area is 322 Å². The van der Waals surface area contributed by atoms with Crippen molar-refractivity contribution >= 4 is 55.6 Å². The number of rotatable bonds is 13. The van der Waals surface area contributed by atoms with Gasteiger partial charge < -0.3 is 18.9 Å². The van der Waals surface area contributed by atoms with Gasteiger partial charge in [-0.25, -0.2) is 13.4 Å². The summed E-state index contributed by atoms with van der Waals surface area (Å²) >= 11 is 1.08. The number of carbonyl (C=O) groups is 2. The van der Waals surface area contributed by atoms with Crippen LogP contribution in [-0.2, 0) is 33.0 Å². The molecule has 2 aliphatic heterocycles. The van der Waals surface area contributed by atoms with Gasteiger partial charge in [0.05, 0.1) is 24.3 Å². The van der Waals surface area contributed by atoms with Crippen LogP contribution in [0.1, 0.15) is 121 Å². The standard InChI is InChI=1S/C39H70N2O7S2Si2/c1-14-51(15-2,16-3)47-33-25-34(42)46-31(28(8)23-30-26-49-37(40-30)50(13,44)45)24-32-39(12,41-32)22-20-21-27(7)35(29(9)36(43)38(33,10)11)48-52(17-4,18-5)19-6/h23,26-27,29,31-33,35,41H,14-22,24-25H2,1-13H3/b28-23+/t27-,29+,31-,32-,33-,35-,39+/m0/s1.